The van der Waals surface area contributed by atoms with Gasteiger partial charge in [0.2, 0.25) is 5.91 Å². The molecule has 0 radical (unpaired) electrons. The highest BCUT2D eigenvalue weighted by atomic mass is 16.5. The van der Waals surface area contributed by atoms with Gasteiger partial charge in [0, 0.05) is 13.1 Å². The topological polar surface area (TPSA) is 92.9 Å². The predicted molar refractivity (Wildman–Crippen MR) is 77.3 cm³/mol. The number of aromatic carboxylic acids is 1. The summed E-state index contributed by atoms with van der Waals surface area (Å²) in [6, 6.07) is 6.57. The molecule has 1 amide bonds. The Morgan fingerprint density at radius 3 is 2.86 bits per heavy atom. The number of piperidine rings is 1. The van der Waals surface area contributed by atoms with Crippen LogP contribution in [0.5, 0.6) is 5.75 Å². The average Bonchev–Trinajstić information content (AvgIpc) is 2.48. The molecule has 1 aliphatic heterocycles. The third-order valence-electron chi connectivity index (χ3n) is 3.69. The quantitative estimate of drug-likeness (QED) is 0.814. The van der Waals surface area contributed by atoms with Gasteiger partial charge in [-0.05, 0) is 31.5 Å². The second-order valence-electron chi connectivity index (χ2n) is 5.19. The van der Waals surface area contributed by atoms with Crippen molar-refractivity contribution in [1.82, 2.24) is 4.90 Å². The van der Waals surface area contributed by atoms with E-state index in [1.165, 1.54) is 6.07 Å². The summed E-state index contributed by atoms with van der Waals surface area (Å²) in [7, 11) is 0. The summed E-state index contributed by atoms with van der Waals surface area (Å²) >= 11 is 0. The molecule has 1 heterocycles. The first-order chi connectivity index (χ1) is 10.1. The Bertz CT molecular complexity index is 518. The van der Waals surface area contributed by atoms with Gasteiger partial charge in [0.05, 0.1) is 5.92 Å². The van der Waals surface area contributed by atoms with Crippen molar-refractivity contribution >= 4 is 11.9 Å². The molecule has 114 valence electrons. The summed E-state index contributed by atoms with van der Waals surface area (Å²) in [5.74, 6) is -0.979. The SMILES string of the molecule is NC(=O)C1CCCN(CCOc2ccccc2C(=O)O)C1. The van der Waals surface area contributed by atoms with Gasteiger partial charge >= 0.3 is 5.97 Å². The van der Waals surface area contributed by atoms with Gasteiger partial charge in [0.25, 0.3) is 0 Å². The van der Waals surface area contributed by atoms with Gasteiger partial charge in [-0.15, -0.1) is 0 Å². The molecule has 0 aromatic heterocycles. The van der Waals surface area contributed by atoms with Gasteiger partial charge in [-0.25, -0.2) is 4.79 Å². The van der Waals surface area contributed by atoms with Crippen molar-refractivity contribution in [1.29, 1.82) is 0 Å². The van der Waals surface area contributed by atoms with E-state index >= 15 is 0 Å². The van der Waals surface area contributed by atoms with E-state index in [4.69, 9.17) is 15.6 Å². The van der Waals surface area contributed by atoms with E-state index in [0.717, 1.165) is 19.4 Å². The summed E-state index contributed by atoms with van der Waals surface area (Å²) in [6.07, 6.45) is 1.79. The predicted octanol–water partition coefficient (Wildman–Crippen LogP) is 0.961. The number of nitrogens with zero attached hydrogens (tertiary/aromatic N) is 1. The largest absolute Gasteiger partial charge is 0.491 e. The number of carboxylic acids is 1. The molecule has 1 unspecified atom stereocenters. The highest BCUT2D eigenvalue weighted by Crippen LogP contribution is 2.19. The van der Waals surface area contributed by atoms with Crippen molar-refractivity contribution in [3.8, 4) is 5.75 Å². The van der Waals surface area contributed by atoms with Gasteiger partial charge in [-0.1, -0.05) is 12.1 Å². The zero-order valence-corrected chi connectivity index (χ0v) is 11.8. The van der Waals surface area contributed by atoms with Crippen LogP contribution in [-0.4, -0.2) is 48.1 Å². The summed E-state index contributed by atoms with van der Waals surface area (Å²) in [5.41, 5.74) is 5.50. The summed E-state index contributed by atoms with van der Waals surface area (Å²) in [6.45, 7) is 2.60. The number of hydrogen-bond donors (Lipinski definition) is 2. The summed E-state index contributed by atoms with van der Waals surface area (Å²) < 4.78 is 5.56. The van der Waals surface area contributed by atoms with E-state index < -0.39 is 5.97 Å². The molecule has 0 saturated carbocycles. The summed E-state index contributed by atoms with van der Waals surface area (Å²) in [5, 5.41) is 9.07. The maximum Gasteiger partial charge on any atom is 0.339 e. The van der Waals surface area contributed by atoms with Gasteiger partial charge in [0.1, 0.15) is 17.9 Å². The maximum atomic E-state index is 11.2. The molecule has 1 aromatic carbocycles. The van der Waals surface area contributed by atoms with Crippen molar-refractivity contribution in [2.45, 2.75) is 12.8 Å². The molecule has 0 bridgehead atoms. The van der Waals surface area contributed by atoms with E-state index in [2.05, 4.69) is 4.90 Å². The highest BCUT2D eigenvalue weighted by molar-refractivity contribution is 5.90. The third kappa shape index (κ3) is 4.19. The number of carbonyl (C=O) groups is 2. The summed E-state index contributed by atoms with van der Waals surface area (Å²) in [4.78, 5) is 24.4. The molecule has 21 heavy (non-hydrogen) atoms. The number of benzene rings is 1. The van der Waals surface area contributed by atoms with E-state index in [1.807, 2.05) is 0 Å². The lowest BCUT2D eigenvalue weighted by molar-refractivity contribution is -0.123. The molecule has 6 nitrogen and oxygen atoms in total. The lowest BCUT2D eigenvalue weighted by atomic mass is 9.98. The molecular formula is C15H20N2O4. The Kier molecular flexibility index (Phi) is 5.16. The fourth-order valence-corrected chi connectivity index (χ4v) is 2.54. The second-order valence-corrected chi connectivity index (χ2v) is 5.19. The molecular weight excluding hydrogens is 272 g/mol. The normalized spacial score (nSPS) is 19.1. The first-order valence-corrected chi connectivity index (χ1v) is 7.04. The number of rotatable bonds is 6. The number of para-hydroxylation sites is 1. The molecule has 0 aliphatic carbocycles. The van der Waals surface area contributed by atoms with Crippen LogP contribution >= 0.6 is 0 Å². The van der Waals surface area contributed by atoms with Gasteiger partial charge in [0.15, 0.2) is 0 Å². The smallest absolute Gasteiger partial charge is 0.339 e. The lowest BCUT2D eigenvalue weighted by Gasteiger charge is -2.30. The molecule has 0 spiro atoms. The lowest BCUT2D eigenvalue weighted by Crippen LogP contribution is -2.42. The van der Waals surface area contributed by atoms with Crippen LogP contribution in [0.15, 0.2) is 24.3 Å². The van der Waals surface area contributed by atoms with Gasteiger partial charge in [-0.2, -0.15) is 0 Å². The van der Waals surface area contributed by atoms with Crippen LogP contribution in [0.25, 0.3) is 0 Å². The minimum atomic E-state index is -1.00. The first-order valence-electron chi connectivity index (χ1n) is 7.04. The molecule has 1 fully saturated rings. The van der Waals surface area contributed by atoms with E-state index in [1.54, 1.807) is 18.2 Å². The van der Waals surface area contributed by atoms with Crippen LogP contribution in [-0.2, 0) is 4.79 Å². The van der Waals surface area contributed by atoms with Crippen molar-refractivity contribution < 1.29 is 19.4 Å². The van der Waals surface area contributed by atoms with E-state index in [9.17, 15) is 9.59 Å². The van der Waals surface area contributed by atoms with E-state index in [0.29, 0.717) is 25.4 Å². The highest BCUT2D eigenvalue weighted by Gasteiger charge is 2.23. The number of likely N-dealkylation sites (tertiary alicyclic amines) is 1. The number of primary amides is 1. The third-order valence-corrected chi connectivity index (χ3v) is 3.69. The molecule has 2 rings (SSSR count). The Balaban J connectivity index is 1.84. The Labute approximate surface area is 123 Å². The standard InChI is InChI=1S/C15H20N2O4/c16-14(18)11-4-3-7-17(10-11)8-9-21-13-6-2-1-5-12(13)15(19)20/h1-2,5-6,11H,3-4,7-10H2,(H2,16,18)(H,19,20). The number of carbonyl (C=O) groups excluding carboxylic acids is 1. The number of hydrogen-bond acceptors (Lipinski definition) is 4. The first kappa shape index (κ1) is 15.3. The fraction of sp³-hybridized carbons (Fsp3) is 0.467. The molecule has 1 aromatic rings. The molecule has 1 aliphatic rings. The number of amides is 1. The van der Waals surface area contributed by atoms with Crippen molar-refractivity contribution in [3.63, 3.8) is 0 Å². The Morgan fingerprint density at radius 1 is 1.38 bits per heavy atom. The second kappa shape index (κ2) is 7.08. The molecule has 1 atom stereocenters. The van der Waals surface area contributed by atoms with Gasteiger partial charge < -0.3 is 15.6 Å². The van der Waals surface area contributed by atoms with Crippen molar-refractivity contribution in [3.05, 3.63) is 29.8 Å². The number of carboxylic acid groups (broad SMARTS) is 1. The van der Waals surface area contributed by atoms with Crippen molar-refractivity contribution in [2.75, 3.05) is 26.2 Å². The van der Waals surface area contributed by atoms with Crippen LogP contribution in [0.3, 0.4) is 0 Å². The molecule has 6 heteroatoms. The number of ether oxygens (including phenoxy) is 1. The van der Waals surface area contributed by atoms with Crippen LogP contribution in [0, 0.1) is 5.92 Å². The number of nitrogens with two attached hydrogens (primary N) is 1. The van der Waals surface area contributed by atoms with Crippen LogP contribution in [0.4, 0.5) is 0 Å². The van der Waals surface area contributed by atoms with Crippen LogP contribution < -0.4 is 10.5 Å². The Morgan fingerprint density at radius 2 is 2.14 bits per heavy atom. The zero-order chi connectivity index (χ0) is 15.2. The zero-order valence-electron chi connectivity index (χ0n) is 11.8. The maximum absolute atomic E-state index is 11.2. The van der Waals surface area contributed by atoms with Crippen LogP contribution in [0.1, 0.15) is 23.2 Å². The molecule has 1 saturated heterocycles. The monoisotopic (exact) mass is 292 g/mol. The van der Waals surface area contributed by atoms with Crippen molar-refractivity contribution in [2.24, 2.45) is 11.7 Å². The van der Waals surface area contributed by atoms with E-state index in [-0.39, 0.29) is 17.4 Å². The van der Waals surface area contributed by atoms with Crippen LogP contribution in [0.2, 0.25) is 0 Å². The minimum Gasteiger partial charge on any atom is -0.491 e. The fourth-order valence-electron chi connectivity index (χ4n) is 2.54. The molecule has 3 N–H and O–H groups in total. The average molecular weight is 292 g/mol. The Hall–Kier alpha value is -2.08. The minimum absolute atomic E-state index is 0.0925. The van der Waals surface area contributed by atoms with Gasteiger partial charge in [-0.3, -0.25) is 9.69 Å².